The Morgan fingerprint density at radius 1 is 1.00 bits per heavy atom. The number of amides is 1. The van der Waals surface area contributed by atoms with Crippen LogP contribution < -0.4 is 10.6 Å². The fraction of sp³-hybridized carbons (Fsp3) is 0.136. The summed E-state index contributed by atoms with van der Waals surface area (Å²) >= 11 is 7.54. The number of hydrogen-bond acceptors (Lipinski definition) is 5. The van der Waals surface area contributed by atoms with Crippen molar-refractivity contribution < 1.29 is 4.79 Å². The number of rotatable bonds is 6. The summed E-state index contributed by atoms with van der Waals surface area (Å²) < 4.78 is 0. The van der Waals surface area contributed by atoms with E-state index in [9.17, 15) is 4.79 Å². The highest BCUT2D eigenvalue weighted by atomic mass is 35.5. The lowest BCUT2D eigenvalue weighted by molar-refractivity contribution is 0.0951. The van der Waals surface area contributed by atoms with Crippen LogP contribution in [-0.2, 0) is 13.1 Å². The molecule has 0 saturated carbocycles. The van der Waals surface area contributed by atoms with Gasteiger partial charge in [0.15, 0.2) is 0 Å². The third-order valence-corrected chi connectivity index (χ3v) is 5.71. The second kappa shape index (κ2) is 8.59. The lowest BCUT2D eigenvalue weighted by Crippen LogP contribution is -2.22. The maximum absolute atomic E-state index is 12.4. The summed E-state index contributed by atoms with van der Waals surface area (Å²) in [6.07, 6.45) is 1.58. The number of carbonyl (C=O) groups excluding carboxylic acids is 1. The van der Waals surface area contributed by atoms with E-state index in [-0.39, 0.29) is 5.91 Å². The van der Waals surface area contributed by atoms with E-state index in [1.165, 1.54) is 4.88 Å². The van der Waals surface area contributed by atoms with Gasteiger partial charge in [0.05, 0.1) is 5.39 Å². The van der Waals surface area contributed by atoms with Gasteiger partial charge in [0.1, 0.15) is 17.0 Å². The lowest BCUT2D eigenvalue weighted by Gasteiger charge is -2.08. The van der Waals surface area contributed by atoms with Crippen LogP contribution >= 0.6 is 22.9 Å². The van der Waals surface area contributed by atoms with E-state index in [4.69, 9.17) is 11.6 Å². The molecule has 7 heteroatoms. The average Bonchev–Trinajstić information content (AvgIpc) is 3.13. The van der Waals surface area contributed by atoms with Gasteiger partial charge in [0.2, 0.25) is 0 Å². The average molecular weight is 423 g/mol. The Morgan fingerprint density at radius 3 is 2.45 bits per heavy atom. The van der Waals surface area contributed by atoms with Gasteiger partial charge in [-0.3, -0.25) is 4.79 Å². The Labute approximate surface area is 177 Å². The van der Waals surface area contributed by atoms with Crippen molar-refractivity contribution in [2.45, 2.75) is 20.0 Å². The highest BCUT2D eigenvalue weighted by Crippen LogP contribution is 2.27. The van der Waals surface area contributed by atoms with Crippen molar-refractivity contribution in [3.63, 3.8) is 0 Å². The van der Waals surface area contributed by atoms with Gasteiger partial charge < -0.3 is 10.6 Å². The summed E-state index contributed by atoms with van der Waals surface area (Å²) in [7, 11) is 0. The molecule has 0 aliphatic heterocycles. The predicted octanol–water partition coefficient (Wildman–Crippen LogP) is 5.20. The number of carbonyl (C=O) groups is 1. The maximum atomic E-state index is 12.4. The molecule has 5 nitrogen and oxygen atoms in total. The molecular formula is C22H19ClN4OS. The molecule has 2 aromatic carbocycles. The molecule has 29 heavy (non-hydrogen) atoms. The first-order valence-corrected chi connectivity index (χ1v) is 10.3. The largest absolute Gasteiger partial charge is 0.365 e. The van der Waals surface area contributed by atoms with Crippen LogP contribution in [0, 0.1) is 6.92 Å². The van der Waals surface area contributed by atoms with E-state index < -0.39 is 0 Å². The SMILES string of the molecule is Cc1cc2c(NCc3ccc(C(=O)NCc4ccc(Cl)cc4)cc3)ncnc2s1. The third kappa shape index (κ3) is 4.72. The van der Waals surface area contributed by atoms with Crippen molar-refractivity contribution in [1.29, 1.82) is 0 Å². The van der Waals surface area contributed by atoms with Gasteiger partial charge in [-0.05, 0) is 48.4 Å². The zero-order valence-corrected chi connectivity index (χ0v) is 17.3. The molecule has 0 fully saturated rings. The number of halogens is 1. The monoisotopic (exact) mass is 422 g/mol. The Morgan fingerprint density at radius 2 is 1.69 bits per heavy atom. The first-order valence-electron chi connectivity index (χ1n) is 9.15. The van der Waals surface area contributed by atoms with Gasteiger partial charge in [0.25, 0.3) is 5.91 Å². The Balaban J connectivity index is 1.36. The van der Waals surface area contributed by atoms with Crippen LogP contribution in [0.4, 0.5) is 5.82 Å². The molecule has 0 radical (unpaired) electrons. The van der Waals surface area contributed by atoms with Crippen LogP contribution in [0.2, 0.25) is 5.02 Å². The molecule has 0 spiro atoms. The molecule has 4 aromatic rings. The van der Waals surface area contributed by atoms with Gasteiger partial charge in [-0.15, -0.1) is 11.3 Å². The molecule has 2 N–H and O–H groups in total. The summed E-state index contributed by atoms with van der Waals surface area (Å²) in [5, 5.41) is 8.00. The number of anilines is 1. The number of aryl methyl sites for hydroxylation is 1. The second-order valence-electron chi connectivity index (χ2n) is 6.66. The third-order valence-electron chi connectivity index (χ3n) is 4.50. The number of fused-ring (bicyclic) bond motifs is 1. The van der Waals surface area contributed by atoms with Crippen molar-refractivity contribution in [2.24, 2.45) is 0 Å². The summed E-state index contributed by atoms with van der Waals surface area (Å²) in [6.45, 7) is 3.14. The summed E-state index contributed by atoms with van der Waals surface area (Å²) in [5.41, 5.74) is 2.70. The predicted molar refractivity (Wildman–Crippen MR) is 119 cm³/mol. The molecule has 146 valence electrons. The van der Waals surface area contributed by atoms with E-state index in [0.717, 1.165) is 27.2 Å². The van der Waals surface area contributed by atoms with Gasteiger partial charge in [0, 0.05) is 28.6 Å². The number of hydrogen-bond donors (Lipinski definition) is 2. The first kappa shape index (κ1) is 19.4. The normalized spacial score (nSPS) is 10.8. The minimum Gasteiger partial charge on any atom is -0.365 e. The molecule has 4 rings (SSSR count). The quantitative estimate of drug-likeness (QED) is 0.448. The number of nitrogens with one attached hydrogen (secondary N) is 2. The van der Waals surface area contributed by atoms with Crippen LogP contribution in [0.5, 0.6) is 0 Å². The molecule has 0 unspecified atom stereocenters. The molecule has 0 aliphatic carbocycles. The minimum atomic E-state index is -0.106. The zero-order chi connectivity index (χ0) is 20.2. The second-order valence-corrected chi connectivity index (χ2v) is 8.33. The highest BCUT2D eigenvalue weighted by Gasteiger charge is 2.08. The molecule has 0 aliphatic rings. The van der Waals surface area contributed by atoms with Crippen LogP contribution in [-0.4, -0.2) is 15.9 Å². The van der Waals surface area contributed by atoms with Crippen LogP contribution in [0.3, 0.4) is 0 Å². The Kier molecular flexibility index (Phi) is 5.74. The zero-order valence-electron chi connectivity index (χ0n) is 15.8. The number of aromatic nitrogens is 2. The van der Waals surface area contributed by atoms with E-state index in [1.807, 2.05) is 48.5 Å². The standard InChI is InChI=1S/C22H19ClN4OS/c1-14-10-19-20(26-13-27-22(19)29-14)24-11-15-2-6-17(7-3-15)21(28)25-12-16-4-8-18(23)9-5-16/h2-10,13H,11-12H2,1H3,(H,25,28)(H,24,26,27). The highest BCUT2D eigenvalue weighted by molar-refractivity contribution is 7.18. The molecule has 0 saturated heterocycles. The van der Waals surface area contributed by atoms with Crippen molar-refractivity contribution >= 4 is 44.9 Å². The molecule has 0 atom stereocenters. The smallest absolute Gasteiger partial charge is 0.251 e. The number of benzene rings is 2. The van der Waals surface area contributed by atoms with Gasteiger partial charge in [-0.25, -0.2) is 9.97 Å². The molecule has 2 aromatic heterocycles. The molecule has 2 heterocycles. The lowest BCUT2D eigenvalue weighted by atomic mass is 10.1. The topological polar surface area (TPSA) is 66.9 Å². The molecular weight excluding hydrogens is 404 g/mol. The van der Waals surface area contributed by atoms with Gasteiger partial charge >= 0.3 is 0 Å². The van der Waals surface area contributed by atoms with Crippen molar-refractivity contribution in [3.05, 3.63) is 87.5 Å². The van der Waals surface area contributed by atoms with E-state index in [1.54, 1.807) is 17.7 Å². The summed E-state index contributed by atoms with van der Waals surface area (Å²) in [4.78, 5) is 23.2. The summed E-state index contributed by atoms with van der Waals surface area (Å²) in [6, 6.07) is 17.1. The van der Waals surface area contributed by atoms with Crippen LogP contribution in [0.1, 0.15) is 26.4 Å². The Hall–Kier alpha value is -2.96. The van der Waals surface area contributed by atoms with Crippen molar-refractivity contribution in [2.75, 3.05) is 5.32 Å². The van der Waals surface area contributed by atoms with Gasteiger partial charge in [-0.1, -0.05) is 35.9 Å². The fourth-order valence-electron chi connectivity index (χ4n) is 2.96. The fourth-order valence-corrected chi connectivity index (χ4v) is 3.94. The van der Waals surface area contributed by atoms with E-state index >= 15 is 0 Å². The van der Waals surface area contributed by atoms with Crippen LogP contribution in [0.25, 0.3) is 10.2 Å². The summed E-state index contributed by atoms with van der Waals surface area (Å²) in [5.74, 6) is 0.717. The molecule has 0 bridgehead atoms. The maximum Gasteiger partial charge on any atom is 0.251 e. The van der Waals surface area contributed by atoms with E-state index in [2.05, 4.69) is 33.6 Å². The van der Waals surface area contributed by atoms with Crippen LogP contribution in [0.15, 0.2) is 60.9 Å². The van der Waals surface area contributed by atoms with Crippen molar-refractivity contribution in [3.8, 4) is 0 Å². The minimum absolute atomic E-state index is 0.106. The van der Waals surface area contributed by atoms with Gasteiger partial charge in [-0.2, -0.15) is 0 Å². The molecule has 1 amide bonds. The number of thiophene rings is 1. The number of nitrogens with zero attached hydrogens (tertiary/aromatic N) is 2. The van der Waals surface area contributed by atoms with E-state index in [0.29, 0.717) is 23.7 Å². The first-order chi connectivity index (χ1) is 14.1. The van der Waals surface area contributed by atoms with Crippen molar-refractivity contribution in [1.82, 2.24) is 15.3 Å². The Bertz CT molecular complexity index is 1140.